The fraction of sp³-hybridized carbons (Fsp3) is 0.167. The van der Waals surface area contributed by atoms with Crippen LogP contribution in [0, 0.1) is 12.7 Å². The zero-order valence-corrected chi connectivity index (χ0v) is 10.3. The summed E-state index contributed by atoms with van der Waals surface area (Å²) in [5.41, 5.74) is 7.82. The lowest BCUT2D eigenvalue weighted by molar-refractivity contribution is 0.624. The molecular formula is C12H11ClFNS. The topological polar surface area (TPSA) is 26.0 Å². The Morgan fingerprint density at radius 1 is 1.38 bits per heavy atom. The highest BCUT2D eigenvalue weighted by atomic mass is 35.5. The maximum absolute atomic E-state index is 13.0. The Kier molecular flexibility index (Phi) is 3.28. The molecule has 0 aliphatic heterocycles. The molecule has 4 heteroatoms. The minimum absolute atomic E-state index is 0.271. The van der Waals surface area contributed by atoms with E-state index in [-0.39, 0.29) is 11.9 Å². The van der Waals surface area contributed by atoms with Crippen LogP contribution in [0.5, 0.6) is 0 Å². The van der Waals surface area contributed by atoms with Crippen molar-refractivity contribution in [2.75, 3.05) is 0 Å². The van der Waals surface area contributed by atoms with E-state index in [1.54, 1.807) is 6.07 Å². The van der Waals surface area contributed by atoms with Gasteiger partial charge in [0.1, 0.15) is 5.82 Å². The molecule has 2 N–H and O–H groups in total. The highest BCUT2D eigenvalue weighted by Gasteiger charge is 2.13. The van der Waals surface area contributed by atoms with E-state index in [1.807, 2.05) is 19.1 Å². The van der Waals surface area contributed by atoms with E-state index in [2.05, 4.69) is 0 Å². The minimum Gasteiger partial charge on any atom is -0.320 e. The molecule has 1 aromatic carbocycles. The van der Waals surface area contributed by atoms with Crippen LogP contribution in [-0.2, 0) is 0 Å². The van der Waals surface area contributed by atoms with E-state index in [0.29, 0.717) is 0 Å². The van der Waals surface area contributed by atoms with E-state index in [0.717, 1.165) is 20.3 Å². The molecular weight excluding hydrogens is 245 g/mol. The van der Waals surface area contributed by atoms with Crippen molar-refractivity contribution in [3.8, 4) is 0 Å². The highest BCUT2D eigenvalue weighted by Crippen LogP contribution is 2.32. The first-order valence-corrected chi connectivity index (χ1v) is 6.04. The average Bonchev–Trinajstić information content (AvgIpc) is 2.58. The number of hydrogen-bond donors (Lipinski definition) is 1. The van der Waals surface area contributed by atoms with E-state index in [1.165, 1.54) is 23.5 Å². The predicted octanol–water partition coefficient (Wildman–Crippen LogP) is 3.90. The van der Waals surface area contributed by atoms with Crippen molar-refractivity contribution >= 4 is 22.9 Å². The first-order chi connectivity index (χ1) is 7.58. The van der Waals surface area contributed by atoms with Crippen LogP contribution in [0.4, 0.5) is 4.39 Å². The number of nitrogens with two attached hydrogens (primary N) is 1. The Morgan fingerprint density at radius 3 is 2.69 bits per heavy atom. The largest absolute Gasteiger partial charge is 0.320 e. The number of benzene rings is 1. The van der Waals surface area contributed by atoms with Crippen LogP contribution in [-0.4, -0.2) is 0 Å². The molecule has 1 aromatic heterocycles. The third-order valence-electron chi connectivity index (χ3n) is 2.39. The molecule has 0 aliphatic carbocycles. The maximum atomic E-state index is 13.0. The monoisotopic (exact) mass is 255 g/mol. The molecule has 0 aliphatic rings. The number of aryl methyl sites for hydroxylation is 1. The number of rotatable bonds is 2. The van der Waals surface area contributed by atoms with Gasteiger partial charge in [-0.3, -0.25) is 0 Å². The minimum atomic E-state index is -0.313. The molecule has 0 amide bonds. The second kappa shape index (κ2) is 4.53. The molecule has 1 unspecified atom stereocenters. The lowest BCUT2D eigenvalue weighted by Gasteiger charge is -2.09. The summed E-state index contributed by atoms with van der Waals surface area (Å²) >= 11 is 7.42. The zero-order chi connectivity index (χ0) is 11.7. The molecule has 1 atom stereocenters. The van der Waals surface area contributed by atoms with Crippen molar-refractivity contribution < 1.29 is 4.39 Å². The van der Waals surface area contributed by atoms with Gasteiger partial charge in [0.05, 0.1) is 10.4 Å². The van der Waals surface area contributed by atoms with Gasteiger partial charge in [0.2, 0.25) is 0 Å². The van der Waals surface area contributed by atoms with E-state index < -0.39 is 0 Å². The fourth-order valence-corrected chi connectivity index (χ4v) is 2.75. The lowest BCUT2D eigenvalue weighted by Crippen LogP contribution is -2.10. The maximum Gasteiger partial charge on any atom is 0.123 e. The molecule has 0 spiro atoms. The van der Waals surface area contributed by atoms with Gasteiger partial charge >= 0.3 is 0 Å². The summed E-state index contributed by atoms with van der Waals surface area (Å²) in [5.74, 6) is -0.271. The Labute approximate surface area is 103 Å². The van der Waals surface area contributed by atoms with E-state index >= 15 is 0 Å². The summed E-state index contributed by atoms with van der Waals surface area (Å²) < 4.78 is 13.8. The van der Waals surface area contributed by atoms with Crippen molar-refractivity contribution in [1.82, 2.24) is 0 Å². The van der Waals surface area contributed by atoms with Gasteiger partial charge < -0.3 is 5.73 Å². The van der Waals surface area contributed by atoms with Crippen LogP contribution in [0.25, 0.3) is 0 Å². The quantitative estimate of drug-likeness (QED) is 0.866. The molecule has 16 heavy (non-hydrogen) atoms. The molecule has 2 aromatic rings. The van der Waals surface area contributed by atoms with Gasteiger partial charge in [-0.2, -0.15) is 0 Å². The summed E-state index contributed by atoms with van der Waals surface area (Å²) in [7, 11) is 0. The van der Waals surface area contributed by atoms with Gasteiger partial charge in [0, 0.05) is 4.88 Å². The number of hydrogen-bond acceptors (Lipinski definition) is 2. The van der Waals surface area contributed by atoms with Crippen molar-refractivity contribution in [3.05, 3.63) is 56.5 Å². The SMILES string of the molecule is Cc1cc(C(N)c2cccc(F)c2)sc1Cl. The Morgan fingerprint density at radius 2 is 2.12 bits per heavy atom. The van der Waals surface area contributed by atoms with Crippen LogP contribution in [0.1, 0.15) is 22.0 Å². The Balaban J connectivity index is 2.35. The van der Waals surface area contributed by atoms with E-state index in [4.69, 9.17) is 17.3 Å². The molecule has 1 heterocycles. The second-order valence-electron chi connectivity index (χ2n) is 3.64. The first-order valence-electron chi connectivity index (χ1n) is 4.85. The van der Waals surface area contributed by atoms with Gasteiger partial charge in [-0.25, -0.2) is 4.39 Å². The third-order valence-corrected chi connectivity index (χ3v) is 4.03. The van der Waals surface area contributed by atoms with Crippen molar-refractivity contribution in [2.45, 2.75) is 13.0 Å². The smallest absolute Gasteiger partial charge is 0.123 e. The Hall–Kier alpha value is -0.900. The summed E-state index contributed by atoms with van der Waals surface area (Å²) in [4.78, 5) is 0.952. The molecule has 1 nitrogen and oxygen atoms in total. The average molecular weight is 256 g/mol. The molecule has 84 valence electrons. The van der Waals surface area contributed by atoms with Crippen LogP contribution in [0.2, 0.25) is 4.34 Å². The van der Waals surface area contributed by atoms with Crippen molar-refractivity contribution in [2.24, 2.45) is 5.73 Å². The van der Waals surface area contributed by atoms with Crippen molar-refractivity contribution in [3.63, 3.8) is 0 Å². The molecule has 0 saturated heterocycles. The Bertz CT molecular complexity index is 490. The van der Waals surface area contributed by atoms with Crippen LogP contribution < -0.4 is 5.73 Å². The fourth-order valence-electron chi connectivity index (χ4n) is 1.50. The standard InChI is InChI=1S/C12H11ClFNS/c1-7-5-10(16-12(7)13)11(15)8-3-2-4-9(14)6-8/h2-6,11H,15H2,1H3. The number of thiophene rings is 1. The zero-order valence-electron chi connectivity index (χ0n) is 8.71. The van der Waals surface area contributed by atoms with Gasteiger partial charge in [-0.1, -0.05) is 23.7 Å². The van der Waals surface area contributed by atoms with Crippen LogP contribution in [0.15, 0.2) is 30.3 Å². The third kappa shape index (κ3) is 2.26. The second-order valence-corrected chi connectivity index (χ2v) is 5.32. The van der Waals surface area contributed by atoms with E-state index in [9.17, 15) is 4.39 Å². The summed E-state index contributed by atoms with van der Waals surface area (Å²) in [6.07, 6.45) is 0. The predicted molar refractivity (Wildman–Crippen MR) is 66.5 cm³/mol. The van der Waals surface area contributed by atoms with Gasteiger partial charge in [0.25, 0.3) is 0 Å². The molecule has 0 saturated carbocycles. The number of halogens is 2. The van der Waals surface area contributed by atoms with Gasteiger partial charge in [0.15, 0.2) is 0 Å². The molecule has 0 fully saturated rings. The highest BCUT2D eigenvalue weighted by molar-refractivity contribution is 7.16. The summed E-state index contributed by atoms with van der Waals surface area (Å²) in [6, 6.07) is 7.97. The molecule has 2 rings (SSSR count). The lowest BCUT2D eigenvalue weighted by atomic mass is 10.1. The summed E-state index contributed by atoms with van der Waals surface area (Å²) in [5, 5.41) is 0. The molecule has 0 bridgehead atoms. The van der Waals surface area contributed by atoms with Gasteiger partial charge in [-0.05, 0) is 36.2 Å². The van der Waals surface area contributed by atoms with Gasteiger partial charge in [-0.15, -0.1) is 11.3 Å². The van der Waals surface area contributed by atoms with Crippen LogP contribution >= 0.6 is 22.9 Å². The first kappa shape index (κ1) is 11.6. The van der Waals surface area contributed by atoms with Crippen molar-refractivity contribution in [1.29, 1.82) is 0 Å². The van der Waals surface area contributed by atoms with Crippen LogP contribution in [0.3, 0.4) is 0 Å². The normalized spacial score (nSPS) is 12.8. The molecule has 0 radical (unpaired) electrons. The summed E-state index contributed by atoms with van der Waals surface area (Å²) in [6.45, 7) is 1.93.